The van der Waals surface area contributed by atoms with Gasteiger partial charge < -0.3 is 29.0 Å². The fraction of sp³-hybridized carbons (Fsp3) is 0.478. The van der Waals surface area contributed by atoms with Crippen molar-refractivity contribution >= 4 is 39.5 Å². The Morgan fingerprint density at radius 1 is 1.19 bits per heavy atom. The standard InChI is InChI=1S/C23H32N5O7PSi/c1-23(2,3)37(4,5)35-18-17(34-36(31)32)15(11-29)33-22(18)28-13-26-16-19(24-12-25-20(16)28)27-21(30)14-9-7-6-8-10-14/h6-10,12-13,15,17-18,22,29,36H,11H2,1-5H3,(H,31,32)(H,24,25,27,30)/t15-,17-,18-,22-/m0/s1. The molecule has 12 nitrogen and oxygen atoms in total. The summed E-state index contributed by atoms with van der Waals surface area (Å²) in [5, 5.41) is 12.6. The van der Waals surface area contributed by atoms with Crippen molar-refractivity contribution in [3.05, 3.63) is 48.5 Å². The molecular weight excluding hydrogens is 517 g/mol. The highest BCUT2D eigenvalue weighted by Gasteiger charge is 2.52. The maximum absolute atomic E-state index is 12.7. The number of fused-ring (bicyclic) bond motifs is 1. The van der Waals surface area contributed by atoms with Crippen molar-refractivity contribution in [3.8, 4) is 0 Å². The van der Waals surface area contributed by atoms with Gasteiger partial charge in [-0.2, -0.15) is 0 Å². The minimum atomic E-state index is -3.37. The summed E-state index contributed by atoms with van der Waals surface area (Å²) in [5.74, 6) is -0.141. The molecule has 2 aromatic heterocycles. The van der Waals surface area contributed by atoms with Crippen molar-refractivity contribution in [2.75, 3.05) is 11.9 Å². The van der Waals surface area contributed by atoms with Crippen LogP contribution in [0.5, 0.6) is 0 Å². The minimum Gasteiger partial charge on any atom is -0.407 e. The van der Waals surface area contributed by atoms with Crippen LogP contribution in [0.4, 0.5) is 5.82 Å². The van der Waals surface area contributed by atoms with Gasteiger partial charge in [-0.25, -0.2) is 15.0 Å². The molecule has 1 unspecified atom stereocenters. The summed E-state index contributed by atoms with van der Waals surface area (Å²) in [6, 6.07) is 8.70. The molecule has 0 saturated carbocycles. The number of anilines is 1. The number of carbonyl (C=O) groups is 1. The lowest BCUT2D eigenvalue weighted by molar-refractivity contribution is -0.0487. The van der Waals surface area contributed by atoms with Gasteiger partial charge in [-0.1, -0.05) is 39.0 Å². The summed E-state index contributed by atoms with van der Waals surface area (Å²) in [5.41, 5.74) is 1.13. The van der Waals surface area contributed by atoms with Crippen LogP contribution in [-0.2, 0) is 18.3 Å². The number of hydrogen-bond acceptors (Lipinski definition) is 9. The molecule has 3 aromatic rings. The van der Waals surface area contributed by atoms with Crippen LogP contribution in [0.3, 0.4) is 0 Å². The van der Waals surface area contributed by atoms with Gasteiger partial charge in [0.15, 0.2) is 31.5 Å². The van der Waals surface area contributed by atoms with Crippen LogP contribution in [0.25, 0.3) is 11.2 Å². The smallest absolute Gasteiger partial charge is 0.317 e. The average Bonchev–Trinajstić information content (AvgIpc) is 3.40. The quantitative estimate of drug-likeness (QED) is 0.282. The first-order valence-corrected chi connectivity index (χ1v) is 16.0. The van der Waals surface area contributed by atoms with E-state index in [1.165, 1.54) is 12.7 Å². The van der Waals surface area contributed by atoms with E-state index in [9.17, 15) is 19.4 Å². The van der Waals surface area contributed by atoms with Crippen LogP contribution in [-0.4, -0.2) is 68.7 Å². The molecule has 0 bridgehead atoms. The molecule has 0 radical (unpaired) electrons. The monoisotopic (exact) mass is 549 g/mol. The Labute approximate surface area is 216 Å². The zero-order chi connectivity index (χ0) is 27.0. The Kier molecular flexibility index (Phi) is 7.95. The number of rotatable bonds is 8. The number of ether oxygens (including phenoxy) is 1. The van der Waals surface area contributed by atoms with E-state index in [4.69, 9.17) is 13.7 Å². The van der Waals surface area contributed by atoms with E-state index in [-0.39, 0.29) is 16.8 Å². The Morgan fingerprint density at radius 3 is 2.51 bits per heavy atom. The normalized spacial score (nSPS) is 23.3. The molecule has 3 N–H and O–H groups in total. The number of aliphatic hydroxyl groups is 1. The van der Waals surface area contributed by atoms with Crippen LogP contribution >= 0.6 is 8.25 Å². The first-order valence-electron chi connectivity index (χ1n) is 11.8. The van der Waals surface area contributed by atoms with Gasteiger partial charge in [-0.15, -0.1) is 0 Å². The maximum atomic E-state index is 12.7. The number of nitrogens with one attached hydrogen (secondary N) is 1. The number of benzene rings is 1. The lowest BCUT2D eigenvalue weighted by atomic mass is 10.1. The van der Waals surface area contributed by atoms with Gasteiger partial charge >= 0.3 is 8.25 Å². The fourth-order valence-corrected chi connectivity index (χ4v) is 5.68. The van der Waals surface area contributed by atoms with E-state index in [0.717, 1.165) is 0 Å². The van der Waals surface area contributed by atoms with Crippen molar-refractivity contribution < 1.29 is 33.0 Å². The number of imidazole rings is 1. The van der Waals surface area contributed by atoms with Gasteiger partial charge in [0.2, 0.25) is 0 Å². The third-order valence-electron chi connectivity index (χ3n) is 6.84. The number of amides is 1. The van der Waals surface area contributed by atoms with E-state index in [2.05, 4.69) is 41.0 Å². The van der Waals surface area contributed by atoms with Crippen LogP contribution in [0, 0.1) is 0 Å². The summed E-state index contributed by atoms with van der Waals surface area (Å²) in [6.07, 6.45) is -0.870. The van der Waals surface area contributed by atoms with Crippen LogP contribution in [0.2, 0.25) is 18.1 Å². The topological polar surface area (TPSA) is 158 Å². The average molecular weight is 550 g/mol. The second-order valence-electron chi connectivity index (χ2n) is 10.3. The van der Waals surface area contributed by atoms with Gasteiger partial charge in [-0.05, 0) is 30.3 Å². The molecular formula is C23H32N5O7PSi. The Bertz CT molecular complexity index is 1280. The SMILES string of the molecule is CC(C)(C)[Si](C)(C)O[C@H]1[C@@H](O[PH](=O)O)[C@H](CO)O[C@@H]1n1cnc2c(NC(=O)c3ccccc3)ncnc21. The molecule has 1 saturated heterocycles. The van der Waals surface area contributed by atoms with Crippen LogP contribution < -0.4 is 5.32 Å². The van der Waals surface area contributed by atoms with E-state index >= 15 is 0 Å². The molecule has 200 valence electrons. The van der Waals surface area contributed by atoms with E-state index in [1.54, 1.807) is 28.8 Å². The summed E-state index contributed by atoms with van der Waals surface area (Å²) < 4.78 is 31.4. The lowest BCUT2D eigenvalue weighted by Crippen LogP contribution is -2.49. The second kappa shape index (κ2) is 10.7. The maximum Gasteiger partial charge on any atom is 0.317 e. The molecule has 1 aliphatic rings. The van der Waals surface area contributed by atoms with Gasteiger partial charge in [0, 0.05) is 5.56 Å². The predicted molar refractivity (Wildman–Crippen MR) is 139 cm³/mol. The Hall–Kier alpha value is -2.51. The molecule has 0 aliphatic carbocycles. The summed E-state index contributed by atoms with van der Waals surface area (Å²) in [6.45, 7) is 9.84. The molecule has 1 aliphatic heterocycles. The number of carbonyl (C=O) groups excluding carboxylic acids is 1. The second-order valence-corrected chi connectivity index (χ2v) is 15.8. The number of nitrogens with zero attached hydrogens (tertiary/aromatic N) is 4. The zero-order valence-corrected chi connectivity index (χ0v) is 23.3. The van der Waals surface area contributed by atoms with Gasteiger partial charge in [0.25, 0.3) is 5.91 Å². The van der Waals surface area contributed by atoms with Crippen LogP contribution in [0.1, 0.15) is 37.4 Å². The molecule has 1 fully saturated rings. The summed E-state index contributed by atoms with van der Waals surface area (Å²) >= 11 is 0. The molecule has 1 aromatic carbocycles. The van der Waals surface area contributed by atoms with Crippen molar-refractivity contribution in [2.45, 2.75) is 63.4 Å². The van der Waals surface area contributed by atoms with Gasteiger partial charge in [0.05, 0.1) is 12.9 Å². The highest BCUT2D eigenvalue weighted by molar-refractivity contribution is 7.32. The molecule has 5 atom stereocenters. The highest BCUT2D eigenvalue weighted by atomic mass is 31.1. The molecule has 4 rings (SSSR count). The minimum absolute atomic E-state index is 0.183. The van der Waals surface area contributed by atoms with Crippen LogP contribution in [0.15, 0.2) is 43.0 Å². The van der Waals surface area contributed by atoms with E-state index in [0.29, 0.717) is 16.7 Å². The van der Waals surface area contributed by atoms with Gasteiger partial charge in [-0.3, -0.25) is 13.9 Å². The van der Waals surface area contributed by atoms with Crippen molar-refractivity contribution in [2.24, 2.45) is 0 Å². The number of aliphatic hydroxyl groups excluding tert-OH is 1. The largest absolute Gasteiger partial charge is 0.407 e. The molecule has 3 heterocycles. The third-order valence-corrected chi connectivity index (χ3v) is 11.8. The van der Waals surface area contributed by atoms with Crippen molar-refractivity contribution in [1.29, 1.82) is 0 Å². The fourth-order valence-electron chi connectivity index (χ4n) is 3.88. The molecule has 37 heavy (non-hydrogen) atoms. The Morgan fingerprint density at radius 2 is 1.89 bits per heavy atom. The summed E-state index contributed by atoms with van der Waals surface area (Å²) in [4.78, 5) is 35.2. The van der Waals surface area contributed by atoms with E-state index in [1.807, 2.05) is 19.2 Å². The molecule has 1 amide bonds. The molecule has 0 spiro atoms. The number of aromatic nitrogens is 4. The predicted octanol–water partition coefficient (Wildman–Crippen LogP) is 3.13. The molecule has 14 heteroatoms. The highest BCUT2D eigenvalue weighted by Crippen LogP contribution is 2.44. The number of hydrogen-bond donors (Lipinski definition) is 3. The summed E-state index contributed by atoms with van der Waals surface area (Å²) in [7, 11) is -5.80. The van der Waals surface area contributed by atoms with E-state index < -0.39 is 47.7 Å². The Balaban J connectivity index is 1.72. The third kappa shape index (κ3) is 5.67. The lowest BCUT2D eigenvalue weighted by Gasteiger charge is -2.40. The first kappa shape index (κ1) is 27.5. The van der Waals surface area contributed by atoms with Gasteiger partial charge in [0.1, 0.15) is 24.6 Å². The van der Waals surface area contributed by atoms with Crippen molar-refractivity contribution in [3.63, 3.8) is 0 Å². The van der Waals surface area contributed by atoms with Crippen molar-refractivity contribution in [1.82, 2.24) is 19.5 Å². The first-order chi connectivity index (χ1) is 17.4. The zero-order valence-electron chi connectivity index (χ0n) is 21.3.